The number of carbonyl (C=O) groups is 1. The topological polar surface area (TPSA) is 111 Å². The van der Waals surface area contributed by atoms with Crippen molar-refractivity contribution in [3.63, 3.8) is 0 Å². The van der Waals surface area contributed by atoms with Crippen molar-refractivity contribution in [1.29, 1.82) is 0 Å². The SMILES string of the molecule is COc1ncccc1-c1cnn2ccc(N3CCN(C(=O)[C@@H](N)[C@@H](C)OC)CC3)nc12. The van der Waals surface area contributed by atoms with Crippen LogP contribution < -0.4 is 15.4 Å². The van der Waals surface area contributed by atoms with Crippen molar-refractivity contribution in [1.82, 2.24) is 24.5 Å². The summed E-state index contributed by atoms with van der Waals surface area (Å²) in [5.74, 6) is 1.27. The lowest BCUT2D eigenvalue weighted by molar-refractivity contribution is -0.135. The fourth-order valence-electron chi connectivity index (χ4n) is 3.70. The van der Waals surface area contributed by atoms with Gasteiger partial charge in [-0.25, -0.2) is 14.5 Å². The van der Waals surface area contributed by atoms with E-state index in [4.69, 9.17) is 20.2 Å². The molecule has 1 fully saturated rings. The van der Waals surface area contributed by atoms with E-state index in [1.807, 2.05) is 24.4 Å². The molecule has 0 spiro atoms. The van der Waals surface area contributed by atoms with Gasteiger partial charge in [0.05, 0.1) is 25.0 Å². The Morgan fingerprint density at radius 3 is 2.65 bits per heavy atom. The van der Waals surface area contributed by atoms with Gasteiger partial charge in [0.15, 0.2) is 5.65 Å². The molecule has 1 aliphatic heterocycles. The summed E-state index contributed by atoms with van der Waals surface area (Å²) in [6.07, 6.45) is 5.02. The zero-order valence-electron chi connectivity index (χ0n) is 17.9. The van der Waals surface area contributed by atoms with Gasteiger partial charge in [0.1, 0.15) is 11.9 Å². The lowest BCUT2D eigenvalue weighted by atomic mass is 10.1. The molecule has 2 N–H and O–H groups in total. The minimum Gasteiger partial charge on any atom is -0.481 e. The normalized spacial score (nSPS) is 16.4. The number of aromatic nitrogens is 4. The lowest BCUT2D eigenvalue weighted by Gasteiger charge is -2.37. The molecule has 0 unspecified atom stereocenters. The Bertz CT molecular complexity index is 1060. The number of ether oxygens (including phenoxy) is 2. The molecule has 31 heavy (non-hydrogen) atoms. The molecule has 3 aromatic heterocycles. The molecule has 3 aromatic rings. The average Bonchev–Trinajstić information content (AvgIpc) is 3.25. The van der Waals surface area contributed by atoms with E-state index in [2.05, 4.69) is 15.0 Å². The van der Waals surface area contributed by atoms with Crippen molar-refractivity contribution < 1.29 is 14.3 Å². The fourth-order valence-corrected chi connectivity index (χ4v) is 3.70. The van der Waals surface area contributed by atoms with Gasteiger partial charge in [-0.15, -0.1) is 0 Å². The van der Waals surface area contributed by atoms with Crippen LogP contribution in [-0.4, -0.2) is 82.9 Å². The van der Waals surface area contributed by atoms with Crippen LogP contribution in [0.25, 0.3) is 16.8 Å². The molecule has 0 radical (unpaired) electrons. The smallest absolute Gasteiger partial charge is 0.242 e. The van der Waals surface area contributed by atoms with Crippen LogP contribution in [0.15, 0.2) is 36.8 Å². The zero-order chi connectivity index (χ0) is 22.0. The second-order valence-electron chi connectivity index (χ2n) is 7.45. The molecule has 2 atom stereocenters. The molecule has 0 aromatic carbocycles. The Balaban J connectivity index is 1.53. The maximum atomic E-state index is 12.6. The summed E-state index contributed by atoms with van der Waals surface area (Å²) in [4.78, 5) is 25.7. The molecule has 4 rings (SSSR count). The van der Waals surface area contributed by atoms with Crippen molar-refractivity contribution in [3.05, 3.63) is 36.8 Å². The number of carbonyl (C=O) groups excluding carboxylic acids is 1. The van der Waals surface area contributed by atoms with Gasteiger partial charge in [0, 0.05) is 51.2 Å². The molecule has 10 heteroatoms. The third-order valence-corrected chi connectivity index (χ3v) is 5.69. The first-order valence-corrected chi connectivity index (χ1v) is 10.2. The van der Waals surface area contributed by atoms with Crippen molar-refractivity contribution in [3.8, 4) is 17.0 Å². The predicted octanol–water partition coefficient (Wildman–Crippen LogP) is 0.811. The summed E-state index contributed by atoms with van der Waals surface area (Å²) >= 11 is 0. The number of methoxy groups -OCH3 is 2. The highest BCUT2D eigenvalue weighted by Crippen LogP contribution is 2.31. The number of nitrogens with zero attached hydrogens (tertiary/aromatic N) is 6. The third-order valence-electron chi connectivity index (χ3n) is 5.69. The van der Waals surface area contributed by atoms with Gasteiger partial charge < -0.3 is 25.0 Å². The molecule has 10 nitrogen and oxygen atoms in total. The molecule has 1 amide bonds. The van der Waals surface area contributed by atoms with Crippen molar-refractivity contribution >= 4 is 17.4 Å². The number of piperazine rings is 1. The van der Waals surface area contributed by atoms with Gasteiger partial charge in [-0.05, 0) is 25.1 Å². The van der Waals surface area contributed by atoms with Crippen LogP contribution >= 0.6 is 0 Å². The van der Waals surface area contributed by atoms with Gasteiger partial charge >= 0.3 is 0 Å². The first kappa shape index (κ1) is 21.0. The minimum absolute atomic E-state index is 0.0841. The summed E-state index contributed by atoms with van der Waals surface area (Å²) in [6.45, 7) is 4.31. The molecule has 1 saturated heterocycles. The summed E-state index contributed by atoms with van der Waals surface area (Å²) in [7, 11) is 3.15. The van der Waals surface area contributed by atoms with Crippen LogP contribution in [0.1, 0.15) is 6.92 Å². The van der Waals surface area contributed by atoms with E-state index in [0.717, 1.165) is 22.6 Å². The number of anilines is 1. The largest absolute Gasteiger partial charge is 0.481 e. The van der Waals surface area contributed by atoms with Gasteiger partial charge in [-0.3, -0.25) is 4.79 Å². The molecule has 0 bridgehead atoms. The number of amides is 1. The monoisotopic (exact) mass is 425 g/mol. The quantitative estimate of drug-likeness (QED) is 0.618. The highest BCUT2D eigenvalue weighted by molar-refractivity contribution is 5.83. The molecule has 4 heterocycles. The molecular weight excluding hydrogens is 398 g/mol. The van der Waals surface area contributed by atoms with Crippen LogP contribution in [0.2, 0.25) is 0 Å². The van der Waals surface area contributed by atoms with Crippen LogP contribution in [0.3, 0.4) is 0 Å². The Morgan fingerprint density at radius 2 is 1.94 bits per heavy atom. The summed E-state index contributed by atoms with van der Waals surface area (Å²) in [6, 6.07) is 5.07. The summed E-state index contributed by atoms with van der Waals surface area (Å²) in [5, 5.41) is 4.41. The average molecular weight is 425 g/mol. The maximum Gasteiger partial charge on any atom is 0.242 e. The molecular formula is C21H27N7O3. The number of hydrogen-bond donors (Lipinski definition) is 1. The van der Waals surface area contributed by atoms with Crippen molar-refractivity contribution in [2.75, 3.05) is 45.3 Å². The highest BCUT2D eigenvalue weighted by atomic mass is 16.5. The predicted molar refractivity (Wildman–Crippen MR) is 116 cm³/mol. The standard InChI is InChI=1S/C21H27N7O3/c1-14(30-2)18(22)21(29)27-11-9-26(10-12-27)17-6-8-28-19(25-17)16(13-24-28)15-5-4-7-23-20(15)31-3/h4-8,13-14,18H,9-12,22H2,1-3H3/t14-,18+/m1/s1. The molecule has 1 aliphatic rings. The second-order valence-corrected chi connectivity index (χ2v) is 7.45. The van der Waals surface area contributed by atoms with Gasteiger partial charge in [-0.2, -0.15) is 5.10 Å². The summed E-state index contributed by atoms with van der Waals surface area (Å²) < 4.78 is 12.3. The molecule has 0 aliphatic carbocycles. The first-order valence-electron chi connectivity index (χ1n) is 10.2. The summed E-state index contributed by atoms with van der Waals surface area (Å²) in [5.41, 5.74) is 8.43. The minimum atomic E-state index is -0.658. The highest BCUT2D eigenvalue weighted by Gasteiger charge is 2.29. The maximum absolute atomic E-state index is 12.6. The third kappa shape index (κ3) is 4.04. The Hall–Kier alpha value is -3.24. The first-order chi connectivity index (χ1) is 15.0. The van der Waals surface area contributed by atoms with E-state index >= 15 is 0 Å². The second kappa shape index (κ2) is 8.86. The molecule has 164 valence electrons. The number of rotatable bonds is 6. The van der Waals surface area contributed by atoms with Gasteiger partial charge in [-0.1, -0.05) is 0 Å². The number of hydrogen-bond acceptors (Lipinski definition) is 8. The van der Waals surface area contributed by atoms with Gasteiger partial charge in [0.25, 0.3) is 0 Å². The Kier molecular flexibility index (Phi) is 6.01. The van der Waals surface area contributed by atoms with E-state index in [-0.39, 0.29) is 12.0 Å². The van der Waals surface area contributed by atoms with Crippen LogP contribution in [0.4, 0.5) is 5.82 Å². The zero-order valence-corrected chi connectivity index (χ0v) is 17.9. The molecule has 0 saturated carbocycles. The van der Waals surface area contributed by atoms with E-state index < -0.39 is 6.04 Å². The van der Waals surface area contributed by atoms with Gasteiger partial charge in [0.2, 0.25) is 11.8 Å². The van der Waals surface area contributed by atoms with Crippen molar-refractivity contribution in [2.24, 2.45) is 5.73 Å². The number of fused-ring (bicyclic) bond motifs is 1. The van der Waals surface area contributed by atoms with Crippen LogP contribution in [0.5, 0.6) is 5.88 Å². The Labute approximate surface area is 180 Å². The van der Waals surface area contributed by atoms with Crippen molar-refractivity contribution in [2.45, 2.75) is 19.1 Å². The van der Waals surface area contributed by atoms with E-state index in [1.54, 1.807) is 43.0 Å². The number of pyridine rings is 1. The lowest BCUT2D eigenvalue weighted by Crippen LogP contribution is -2.56. The van der Waals surface area contributed by atoms with Crippen LogP contribution in [-0.2, 0) is 9.53 Å². The number of nitrogens with two attached hydrogens (primary N) is 1. The fraction of sp³-hybridized carbons (Fsp3) is 0.429. The Morgan fingerprint density at radius 1 is 1.16 bits per heavy atom. The van der Waals surface area contributed by atoms with E-state index in [0.29, 0.717) is 32.1 Å². The van der Waals surface area contributed by atoms with Crippen LogP contribution in [0, 0.1) is 0 Å². The van der Waals surface area contributed by atoms with E-state index in [9.17, 15) is 4.79 Å². The van der Waals surface area contributed by atoms with E-state index in [1.165, 1.54) is 0 Å².